The standard InChI is InChI=1S/C31H26N2O2/c1-21-16-17-26(32-30(34)18-24-12-6-10-22-8-2-4-14-27(22)24)20-29(21)33-31(35)19-25-13-7-11-23-9-3-5-15-28(23)25/h2-17,20H,18-19H2,1H3,(H,32,34)(H,33,35). The van der Waals surface area contributed by atoms with Crippen molar-refractivity contribution in [2.24, 2.45) is 0 Å². The van der Waals surface area contributed by atoms with Gasteiger partial charge in [-0.2, -0.15) is 0 Å². The Morgan fingerprint density at radius 3 is 1.71 bits per heavy atom. The number of anilines is 2. The molecule has 2 N–H and O–H groups in total. The highest BCUT2D eigenvalue weighted by atomic mass is 16.2. The van der Waals surface area contributed by atoms with E-state index < -0.39 is 0 Å². The molecule has 5 aromatic carbocycles. The van der Waals surface area contributed by atoms with Crippen LogP contribution in [0.15, 0.2) is 103 Å². The van der Waals surface area contributed by atoms with Crippen molar-refractivity contribution in [2.75, 3.05) is 10.6 Å². The highest BCUT2D eigenvalue weighted by Crippen LogP contribution is 2.24. The van der Waals surface area contributed by atoms with Crippen molar-refractivity contribution >= 4 is 44.7 Å². The molecule has 4 nitrogen and oxygen atoms in total. The molecule has 0 atom stereocenters. The summed E-state index contributed by atoms with van der Waals surface area (Å²) < 4.78 is 0. The zero-order chi connectivity index (χ0) is 24.2. The third-order valence-corrected chi connectivity index (χ3v) is 6.26. The molecule has 0 heterocycles. The van der Waals surface area contributed by atoms with Gasteiger partial charge in [-0.3, -0.25) is 9.59 Å². The van der Waals surface area contributed by atoms with Crippen LogP contribution in [-0.2, 0) is 22.4 Å². The van der Waals surface area contributed by atoms with Gasteiger partial charge in [0, 0.05) is 11.4 Å². The number of fused-ring (bicyclic) bond motifs is 2. The third-order valence-electron chi connectivity index (χ3n) is 6.26. The van der Waals surface area contributed by atoms with Gasteiger partial charge >= 0.3 is 0 Å². The van der Waals surface area contributed by atoms with Gasteiger partial charge in [-0.05, 0) is 57.3 Å². The highest BCUT2D eigenvalue weighted by molar-refractivity contribution is 5.99. The van der Waals surface area contributed by atoms with Crippen molar-refractivity contribution in [3.8, 4) is 0 Å². The lowest BCUT2D eigenvalue weighted by Crippen LogP contribution is -2.17. The molecule has 0 spiro atoms. The van der Waals surface area contributed by atoms with E-state index in [4.69, 9.17) is 0 Å². The molecular formula is C31H26N2O2. The summed E-state index contributed by atoms with van der Waals surface area (Å²) in [4.78, 5) is 25.7. The zero-order valence-corrected chi connectivity index (χ0v) is 19.5. The Kier molecular flexibility index (Phi) is 6.27. The first-order chi connectivity index (χ1) is 17.1. The monoisotopic (exact) mass is 458 g/mol. The van der Waals surface area contributed by atoms with Gasteiger partial charge in [-0.15, -0.1) is 0 Å². The maximum Gasteiger partial charge on any atom is 0.228 e. The summed E-state index contributed by atoms with van der Waals surface area (Å²) in [6.45, 7) is 1.94. The first-order valence-electron chi connectivity index (χ1n) is 11.7. The van der Waals surface area contributed by atoms with E-state index >= 15 is 0 Å². The molecule has 0 saturated carbocycles. The maximum absolute atomic E-state index is 12.9. The molecule has 4 heteroatoms. The van der Waals surface area contributed by atoms with Crippen molar-refractivity contribution in [2.45, 2.75) is 19.8 Å². The Bertz CT molecular complexity index is 1540. The summed E-state index contributed by atoms with van der Waals surface area (Å²) in [7, 11) is 0. The summed E-state index contributed by atoms with van der Waals surface area (Å²) >= 11 is 0. The summed E-state index contributed by atoms with van der Waals surface area (Å²) in [5, 5.41) is 10.4. The molecule has 172 valence electrons. The largest absolute Gasteiger partial charge is 0.326 e. The number of hydrogen-bond donors (Lipinski definition) is 2. The number of benzene rings is 5. The van der Waals surface area contributed by atoms with Gasteiger partial charge in [0.05, 0.1) is 12.8 Å². The van der Waals surface area contributed by atoms with Crippen LogP contribution in [0.5, 0.6) is 0 Å². The van der Waals surface area contributed by atoms with E-state index in [1.54, 1.807) is 0 Å². The summed E-state index contributed by atoms with van der Waals surface area (Å²) in [5.74, 6) is -0.193. The quantitative estimate of drug-likeness (QED) is 0.299. The fourth-order valence-corrected chi connectivity index (χ4v) is 4.47. The van der Waals surface area contributed by atoms with Crippen LogP contribution in [0.1, 0.15) is 16.7 Å². The van der Waals surface area contributed by atoms with Crippen molar-refractivity contribution in [3.63, 3.8) is 0 Å². The van der Waals surface area contributed by atoms with Crippen molar-refractivity contribution in [3.05, 3.63) is 120 Å². The Morgan fingerprint density at radius 2 is 1.11 bits per heavy atom. The van der Waals surface area contributed by atoms with E-state index in [1.807, 2.05) is 110 Å². The Balaban J connectivity index is 1.28. The lowest BCUT2D eigenvalue weighted by molar-refractivity contribution is -0.116. The minimum atomic E-state index is -0.0989. The summed E-state index contributed by atoms with van der Waals surface area (Å²) in [5.41, 5.74) is 4.25. The van der Waals surface area contributed by atoms with Crippen LogP contribution in [0, 0.1) is 6.92 Å². The van der Waals surface area contributed by atoms with Crippen molar-refractivity contribution < 1.29 is 9.59 Å². The van der Waals surface area contributed by atoms with Crippen LogP contribution in [0.3, 0.4) is 0 Å². The summed E-state index contributed by atoms with van der Waals surface area (Å²) in [6, 6.07) is 33.7. The lowest BCUT2D eigenvalue weighted by atomic mass is 10.0. The van der Waals surface area contributed by atoms with E-state index in [-0.39, 0.29) is 24.7 Å². The highest BCUT2D eigenvalue weighted by Gasteiger charge is 2.11. The average molecular weight is 459 g/mol. The molecule has 0 aliphatic rings. The second-order valence-electron chi connectivity index (χ2n) is 8.76. The molecule has 5 rings (SSSR count). The number of nitrogens with one attached hydrogen (secondary N) is 2. The molecule has 0 aliphatic carbocycles. The van der Waals surface area contributed by atoms with Crippen molar-refractivity contribution in [1.29, 1.82) is 0 Å². The van der Waals surface area contributed by atoms with Crippen LogP contribution >= 0.6 is 0 Å². The fourth-order valence-electron chi connectivity index (χ4n) is 4.47. The molecule has 0 unspecified atom stereocenters. The SMILES string of the molecule is Cc1ccc(NC(=O)Cc2cccc3ccccc23)cc1NC(=O)Cc1cccc2ccccc12. The van der Waals surface area contributed by atoms with Gasteiger partial charge in [-0.25, -0.2) is 0 Å². The van der Waals surface area contributed by atoms with E-state index in [2.05, 4.69) is 10.6 Å². The van der Waals surface area contributed by atoms with Gasteiger partial charge in [0.2, 0.25) is 11.8 Å². The second-order valence-corrected chi connectivity index (χ2v) is 8.76. The van der Waals surface area contributed by atoms with E-state index in [9.17, 15) is 9.59 Å². The molecule has 0 radical (unpaired) electrons. The first kappa shape index (κ1) is 22.4. The van der Waals surface area contributed by atoms with E-state index in [0.29, 0.717) is 11.4 Å². The van der Waals surface area contributed by atoms with Gasteiger partial charge in [0.15, 0.2) is 0 Å². The number of amides is 2. The van der Waals surface area contributed by atoms with E-state index in [0.717, 1.165) is 38.2 Å². The number of carbonyl (C=O) groups excluding carboxylic acids is 2. The van der Waals surface area contributed by atoms with Crippen LogP contribution in [-0.4, -0.2) is 11.8 Å². The maximum atomic E-state index is 12.9. The molecular weight excluding hydrogens is 432 g/mol. The number of rotatable bonds is 6. The van der Waals surface area contributed by atoms with Gasteiger partial charge in [0.1, 0.15) is 0 Å². The number of carbonyl (C=O) groups is 2. The number of hydrogen-bond acceptors (Lipinski definition) is 2. The average Bonchev–Trinajstić information content (AvgIpc) is 2.86. The summed E-state index contributed by atoms with van der Waals surface area (Å²) in [6.07, 6.45) is 0.552. The molecule has 0 bridgehead atoms. The lowest BCUT2D eigenvalue weighted by Gasteiger charge is -2.13. The number of aryl methyl sites for hydroxylation is 1. The predicted octanol–water partition coefficient (Wildman–Crippen LogP) is 6.66. The second kappa shape index (κ2) is 9.82. The van der Waals surface area contributed by atoms with Gasteiger partial charge in [0.25, 0.3) is 0 Å². The molecule has 35 heavy (non-hydrogen) atoms. The normalized spacial score (nSPS) is 10.9. The van der Waals surface area contributed by atoms with Crippen LogP contribution in [0.2, 0.25) is 0 Å². The van der Waals surface area contributed by atoms with Crippen molar-refractivity contribution in [1.82, 2.24) is 0 Å². The smallest absolute Gasteiger partial charge is 0.228 e. The molecule has 5 aromatic rings. The van der Waals surface area contributed by atoms with Crippen LogP contribution < -0.4 is 10.6 Å². The molecule has 0 aromatic heterocycles. The van der Waals surface area contributed by atoms with Crippen LogP contribution in [0.4, 0.5) is 11.4 Å². The van der Waals surface area contributed by atoms with Gasteiger partial charge < -0.3 is 10.6 Å². The molecule has 2 amide bonds. The zero-order valence-electron chi connectivity index (χ0n) is 19.5. The van der Waals surface area contributed by atoms with Crippen LogP contribution in [0.25, 0.3) is 21.5 Å². The third kappa shape index (κ3) is 5.07. The molecule has 0 saturated heterocycles. The Hall–Kier alpha value is -4.44. The Labute approximate surface area is 204 Å². The minimum absolute atomic E-state index is 0.0938. The molecule has 0 fully saturated rings. The van der Waals surface area contributed by atoms with Gasteiger partial charge in [-0.1, -0.05) is 91.0 Å². The topological polar surface area (TPSA) is 58.2 Å². The molecule has 0 aliphatic heterocycles. The minimum Gasteiger partial charge on any atom is -0.326 e. The predicted molar refractivity (Wildman–Crippen MR) is 144 cm³/mol. The Morgan fingerprint density at radius 1 is 0.600 bits per heavy atom. The first-order valence-corrected chi connectivity index (χ1v) is 11.7. The van der Waals surface area contributed by atoms with E-state index in [1.165, 1.54) is 0 Å². The fraction of sp³-hybridized carbons (Fsp3) is 0.0968.